The van der Waals surface area contributed by atoms with Crippen molar-refractivity contribution in [2.75, 3.05) is 34.8 Å². The normalized spacial score (nSPS) is 12.3. The van der Waals surface area contributed by atoms with E-state index in [1.807, 2.05) is 6.92 Å². The molecule has 0 aliphatic carbocycles. The van der Waals surface area contributed by atoms with Crippen molar-refractivity contribution in [1.82, 2.24) is 9.97 Å². The summed E-state index contributed by atoms with van der Waals surface area (Å²) in [4.78, 5) is 7.67. The molecular weight excluding hydrogens is 214 g/mol. The van der Waals surface area contributed by atoms with Gasteiger partial charge in [0, 0.05) is 34.9 Å². The zero-order valence-corrected chi connectivity index (χ0v) is 9.38. The summed E-state index contributed by atoms with van der Waals surface area (Å²) in [7, 11) is -0.780. The van der Waals surface area contributed by atoms with Crippen LogP contribution in [0.4, 0.5) is 17.6 Å². The van der Waals surface area contributed by atoms with Gasteiger partial charge in [0.15, 0.2) is 0 Å². The van der Waals surface area contributed by atoms with Gasteiger partial charge in [-0.05, 0) is 0 Å². The molecule has 0 radical (unpaired) electrons. The van der Waals surface area contributed by atoms with Crippen molar-refractivity contribution in [1.29, 1.82) is 0 Å². The number of nitrogens with one attached hydrogen (secondary N) is 1. The Balaban J connectivity index is 2.47. The zero-order valence-electron chi connectivity index (χ0n) is 8.56. The SMILES string of the molecule is CCS(=O)CCNc1cc(N)nc(N)n1. The second-order valence-corrected chi connectivity index (χ2v) is 4.76. The molecule has 1 rings (SSSR count). The average Bonchev–Trinajstić information content (AvgIpc) is 2.16. The van der Waals surface area contributed by atoms with Crippen molar-refractivity contribution >= 4 is 28.4 Å². The van der Waals surface area contributed by atoms with Crippen LogP contribution in [0.5, 0.6) is 0 Å². The lowest BCUT2D eigenvalue weighted by molar-refractivity contribution is 0.684. The molecule has 1 aromatic heterocycles. The average molecular weight is 229 g/mol. The Morgan fingerprint density at radius 3 is 2.80 bits per heavy atom. The summed E-state index contributed by atoms with van der Waals surface area (Å²) >= 11 is 0. The maximum atomic E-state index is 11.1. The maximum Gasteiger partial charge on any atom is 0.223 e. The topological polar surface area (TPSA) is 107 Å². The van der Waals surface area contributed by atoms with Gasteiger partial charge in [-0.2, -0.15) is 9.97 Å². The summed E-state index contributed by atoms with van der Waals surface area (Å²) in [5.41, 5.74) is 10.9. The summed E-state index contributed by atoms with van der Waals surface area (Å²) in [6.45, 7) is 2.47. The van der Waals surface area contributed by atoms with Gasteiger partial charge >= 0.3 is 0 Å². The molecule has 0 saturated carbocycles. The molecule has 6 nitrogen and oxygen atoms in total. The molecule has 0 amide bonds. The van der Waals surface area contributed by atoms with Crippen molar-refractivity contribution < 1.29 is 4.21 Å². The molecule has 0 aliphatic heterocycles. The molecule has 0 spiro atoms. The Morgan fingerprint density at radius 1 is 1.47 bits per heavy atom. The van der Waals surface area contributed by atoms with E-state index in [1.54, 1.807) is 6.07 Å². The van der Waals surface area contributed by atoms with Gasteiger partial charge in [0.2, 0.25) is 5.95 Å². The quantitative estimate of drug-likeness (QED) is 0.646. The van der Waals surface area contributed by atoms with E-state index in [1.165, 1.54) is 0 Å². The first kappa shape index (κ1) is 11.7. The Bertz CT molecular complexity index is 337. The van der Waals surface area contributed by atoms with Crippen LogP contribution in [0.15, 0.2) is 6.07 Å². The molecule has 1 aromatic rings. The number of aromatic nitrogens is 2. The molecule has 1 unspecified atom stereocenters. The first-order valence-corrected chi connectivity index (χ1v) is 6.09. The van der Waals surface area contributed by atoms with Crippen molar-refractivity contribution in [3.63, 3.8) is 0 Å². The van der Waals surface area contributed by atoms with Gasteiger partial charge < -0.3 is 16.8 Å². The van der Waals surface area contributed by atoms with Gasteiger partial charge in [0.05, 0.1) is 0 Å². The molecular formula is C8H15N5OS. The van der Waals surface area contributed by atoms with E-state index >= 15 is 0 Å². The van der Waals surface area contributed by atoms with Crippen LogP contribution in [0.2, 0.25) is 0 Å². The smallest absolute Gasteiger partial charge is 0.223 e. The minimum Gasteiger partial charge on any atom is -0.383 e. The molecule has 7 heteroatoms. The lowest BCUT2D eigenvalue weighted by atomic mass is 10.5. The highest BCUT2D eigenvalue weighted by molar-refractivity contribution is 7.84. The molecule has 15 heavy (non-hydrogen) atoms. The van der Waals surface area contributed by atoms with E-state index in [2.05, 4.69) is 15.3 Å². The molecule has 0 aromatic carbocycles. The molecule has 0 saturated heterocycles. The van der Waals surface area contributed by atoms with Crippen LogP contribution in [0.1, 0.15) is 6.92 Å². The van der Waals surface area contributed by atoms with Crippen LogP contribution >= 0.6 is 0 Å². The predicted octanol–water partition coefficient (Wildman–Crippen LogP) is -0.178. The summed E-state index contributed by atoms with van der Waals surface area (Å²) < 4.78 is 11.1. The number of hydrogen-bond acceptors (Lipinski definition) is 6. The Labute approximate surface area is 90.9 Å². The number of rotatable bonds is 5. The standard InChI is InChI=1S/C8H15N5OS/c1-2-15(14)4-3-11-7-5-6(9)12-8(10)13-7/h5H,2-4H2,1H3,(H5,9,10,11,12,13). The van der Waals surface area contributed by atoms with Crippen molar-refractivity contribution in [3.8, 4) is 0 Å². The lowest BCUT2D eigenvalue weighted by Gasteiger charge is -2.05. The van der Waals surface area contributed by atoms with Gasteiger partial charge in [-0.1, -0.05) is 6.92 Å². The van der Waals surface area contributed by atoms with Gasteiger partial charge in [-0.3, -0.25) is 4.21 Å². The van der Waals surface area contributed by atoms with Crippen LogP contribution in [-0.4, -0.2) is 32.2 Å². The number of nitrogens with two attached hydrogens (primary N) is 2. The monoisotopic (exact) mass is 229 g/mol. The highest BCUT2D eigenvalue weighted by atomic mass is 32.2. The highest BCUT2D eigenvalue weighted by Gasteiger charge is 2.00. The minimum atomic E-state index is -0.780. The number of nitrogens with zero attached hydrogens (tertiary/aromatic N) is 2. The van der Waals surface area contributed by atoms with Gasteiger partial charge in [-0.15, -0.1) is 0 Å². The molecule has 0 aliphatic rings. The summed E-state index contributed by atoms with van der Waals surface area (Å²) in [6, 6.07) is 1.59. The third-order valence-electron chi connectivity index (χ3n) is 1.72. The van der Waals surface area contributed by atoms with E-state index in [0.717, 1.165) is 0 Å². The van der Waals surface area contributed by atoms with E-state index in [-0.39, 0.29) is 5.95 Å². The number of nitrogen functional groups attached to an aromatic ring is 2. The van der Waals surface area contributed by atoms with Crippen LogP contribution in [-0.2, 0) is 10.8 Å². The van der Waals surface area contributed by atoms with Crippen LogP contribution in [0, 0.1) is 0 Å². The summed E-state index contributed by atoms with van der Waals surface area (Å²) in [5.74, 6) is 2.26. The van der Waals surface area contributed by atoms with Gasteiger partial charge in [0.1, 0.15) is 11.6 Å². The number of hydrogen-bond donors (Lipinski definition) is 3. The minimum absolute atomic E-state index is 0.133. The van der Waals surface area contributed by atoms with E-state index in [9.17, 15) is 4.21 Å². The zero-order chi connectivity index (χ0) is 11.3. The van der Waals surface area contributed by atoms with E-state index < -0.39 is 10.8 Å². The second-order valence-electron chi connectivity index (χ2n) is 2.90. The van der Waals surface area contributed by atoms with E-state index in [0.29, 0.717) is 29.7 Å². The fraction of sp³-hybridized carbons (Fsp3) is 0.500. The fourth-order valence-corrected chi connectivity index (χ4v) is 1.63. The lowest BCUT2D eigenvalue weighted by Crippen LogP contribution is -2.13. The van der Waals surface area contributed by atoms with Crippen molar-refractivity contribution in [3.05, 3.63) is 6.07 Å². The van der Waals surface area contributed by atoms with Crippen LogP contribution < -0.4 is 16.8 Å². The Morgan fingerprint density at radius 2 is 2.20 bits per heavy atom. The highest BCUT2D eigenvalue weighted by Crippen LogP contribution is 2.08. The molecule has 1 atom stereocenters. The van der Waals surface area contributed by atoms with Gasteiger partial charge in [-0.25, -0.2) is 0 Å². The fourth-order valence-electron chi connectivity index (χ4n) is 1.01. The van der Waals surface area contributed by atoms with E-state index in [4.69, 9.17) is 11.5 Å². The van der Waals surface area contributed by atoms with Crippen molar-refractivity contribution in [2.45, 2.75) is 6.92 Å². The summed E-state index contributed by atoms with van der Waals surface area (Å²) in [5, 5.41) is 2.99. The largest absolute Gasteiger partial charge is 0.383 e. The molecule has 0 bridgehead atoms. The first-order valence-electron chi connectivity index (χ1n) is 4.60. The molecule has 1 heterocycles. The van der Waals surface area contributed by atoms with Gasteiger partial charge in [0.25, 0.3) is 0 Å². The molecule has 84 valence electrons. The van der Waals surface area contributed by atoms with Crippen LogP contribution in [0.3, 0.4) is 0 Å². The predicted molar refractivity (Wildman–Crippen MR) is 62.9 cm³/mol. The molecule has 5 N–H and O–H groups in total. The summed E-state index contributed by atoms with van der Waals surface area (Å²) in [6.07, 6.45) is 0. The first-order chi connectivity index (χ1) is 7.11. The van der Waals surface area contributed by atoms with Crippen molar-refractivity contribution in [2.24, 2.45) is 0 Å². The third kappa shape index (κ3) is 4.11. The van der Waals surface area contributed by atoms with Crippen LogP contribution in [0.25, 0.3) is 0 Å². The molecule has 0 fully saturated rings. The Kier molecular flexibility index (Phi) is 4.29. The third-order valence-corrected chi connectivity index (χ3v) is 3.02. The maximum absolute atomic E-state index is 11.1. The second kappa shape index (κ2) is 5.50. The Hall–Kier alpha value is -1.37. The number of anilines is 3.